The van der Waals surface area contributed by atoms with Crippen molar-refractivity contribution in [2.24, 2.45) is 0 Å². The first-order valence-corrected chi connectivity index (χ1v) is 8.90. The molecule has 2 rings (SSSR count). The molecule has 2 unspecified atom stereocenters. The number of halogens is 1. The van der Waals surface area contributed by atoms with Crippen molar-refractivity contribution < 1.29 is 14.7 Å². The second-order valence-corrected chi connectivity index (χ2v) is 7.76. The molecule has 122 valence electrons. The number of carbonyl (C=O) groups excluding carboxylic acids is 1. The van der Waals surface area contributed by atoms with E-state index >= 15 is 0 Å². The minimum atomic E-state index is -0.865. The summed E-state index contributed by atoms with van der Waals surface area (Å²) in [5.41, 5.74) is 0.918. The van der Waals surface area contributed by atoms with Crippen molar-refractivity contribution in [2.75, 3.05) is 0 Å². The van der Waals surface area contributed by atoms with Crippen LogP contribution in [0, 0.1) is 0 Å². The van der Waals surface area contributed by atoms with E-state index in [1.165, 1.54) is 11.3 Å². The Bertz CT molecular complexity index is 671. The van der Waals surface area contributed by atoms with Gasteiger partial charge in [0.1, 0.15) is 0 Å². The Balaban J connectivity index is 2.10. The minimum Gasteiger partial charge on any atom is -0.481 e. The van der Waals surface area contributed by atoms with Crippen LogP contribution in [-0.2, 0) is 9.59 Å². The number of nitrogens with one attached hydrogen (secondary N) is 1. The van der Waals surface area contributed by atoms with E-state index in [2.05, 4.69) is 21.2 Å². The van der Waals surface area contributed by atoms with Gasteiger partial charge >= 0.3 is 5.97 Å². The van der Waals surface area contributed by atoms with Gasteiger partial charge in [-0.1, -0.05) is 30.3 Å². The molecule has 1 amide bonds. The molecule has 2 atom stereocenters. The first kappa shape index (κ1) is 17.7. The highest BCUT2D eigenvalue weighted by molar-refractivity contribution is 9.11. The Morgan fingerprint density at radius 3 is 2.48 bits per heavy atom. The number of carboxylic acids is 1. The van der Waals surface area contributed by atoms with Crippen LogP contribution in [0.1, 0.15) is 42.2 Å². The Labute approximate surface area is 147 Å². The third-order valence-corrected chi connectivity index (χ3v) is 5.39. The number of thiophene rings is 1. The van der Waals surface area contributed by atoms with Crippen LogP contribution in [0.25, 0.3) is 0 Å². The number of benzene rings is 1. The summed E-state index contributed by atoms with van der Waals surface area (Å²) in [4.78, 5) is 24.3. The Morgan fingerprint density at radius 2 is 1.91 bits per heavy atom. The SMILES string of the molecule is CC(C(=O)NC(CCC(=O)O)c1ccccc1)c1ccc(Br)s1. The summed E-state index contributed by atoms with van der Waals surface area (Å²) < 4.78 is 0.984. The van der Waals surface area contributed by atoms with E-state index in [1.807, 2.05) is 49.4 Å². The fourth-order valence-electron chi connectivity index (χ4n) is 2.26. The van der Waals surface area contributed by atoms with Gasteiger partial charge in [0.25, 0.3) is 0 Å². The van der Waals surface area contributed by atoms with E-state index in [0.717, 1.165) is 14.2 Å². The van der Waals surface area contributed by atoms with Crippen molar-refractivity contribution in [3.05, 3.63) is 56.7 Å². The molecule has 0 aliphatic rings. The molecule has 6 heteroatoms. The van der Waals surface area contributed by atoms with Crippen molar-refractivity contribution >= 4 is 39.1 Å². The first-order valence-electron chi connectivity index (χ1n) is 7.29. The molecule has 0 fully saturated rings. The molecule has 2 N–H and O–H groups in total. The summed E-state index contributed by atoms with van der Waals surface area (Å²) in [7, 11) is 0. The summed E-state index contributed by atoms with van der Waals surface area (Å²) in [6.45, 7) is 1.85. The molecule has 4 nitrogen and oxygen atoms in total. The van der Waals surface area contributed by atoms with Crippen LogP contribution in [0.2, 0.25) is 0 Å². The smallest absolute Gasteiger partial charge is 0.303 e. The lowest BCUT2D eigenvalue weighted by atomic mass is 10.0. The number of carboxylic acid groups (broad SMARTS) is 1. The molecule has 1 heterocycles. The van der Waals surface area contributed by atoms with Gasteiger partial charge < -0.3 is 10.4 Å². The Hall–Kier alpha value is -1.66. The van der Waals surface area contributed by atoms with E-state index in [1.54, 1.807) is 0 Å². The van der Waals surface area contributed by atoms with E-state index in [-0.39, 0.29) is 24.3 Å². The molecule has 23 heavy (non-hydrogen) atoms. The molecule has 0 saturated carbocycles. The fourth-order valence-corrected chi connectivity index (χ4v) is 3.74. The maximum atomic E-state index is 12.5. The molecule has 0 aliphatic carbocycles. The number of hydrogen-bond acceptors (Lipinski definition) is 3. The number of rotatable bonds is 7. The number of aliphatic carboxylic acids is 1. The van der Waals surface area contributed by atoms with Gasteiger partial charge in [0.05, 0.1) is 15.7 Å². The van der Waals surface area contributed by atoms with E-state index < -0.39 is 5.97 Å². The second kappa shape index (κ2) is 8.26. The highest BCUT2D eigenvalue weighted by atomic mass is 79.9. The van der Waals surface area contributed by atoms with Gasteiger partial charge in [-0.05, 0) is 47.0 Å². The van der Waals surface area contributed by atoms with Gasteiger partial charge in [-0.3, -0.25) is 9.59 Å². The molecule has 0 saturated heterocycles. The monoisotopic (exact) mass is 395 g/mol. The summed E-state index contributed by atoms with van der Waals surface area (Å²) in [6.07, 6.45) is 0.380. The predicted molar refractivity (Wildman–Crippen MR) is 94.6 cm³/mol. The van der Waals surface area contributed by atoms with E-state index in [0.29, 0.717) is 6.42 Å². The molecule has 0 bridgehead atoms. The molecular formula is C17H18BrNO3S. The van der Waals surface area contributed by atoms with Crippen LogP contribution < -0.4 is 5.32 Å². The number of hydrogen-bond donors (Lipinski definition) is 2. The summed E-state index contributed by atoms with van der Waals surface area (Å²) in [5.74, 6) is -1.24. The van der Waals surface area contributed by atoms with Crippen LogP contribution >= 0.6 is 27.3 Å². The second-order valence-electron chi connectivity index (χ2n) is 5.27. The van der Waals surface area contributed by atoms with Crippen LogP contribution in [0.15, 0.2) is 46.3 Å². The van der Waals surface area contributed by atoms with E-state index in [9.17, 15) is 9.59 Å². The summed E-state index contributed by atoms with van der Waals surface area (Å²) >= 11 is 4.93. The average molecular weight is 396 g/mol. The van der Waals surface area contributed by atoms with Crippen molar-refractivity contribution in [3.8, 4) is 0 Å². The van der Waals surface area contributed by atoms with Crippen molar-refractivity contribution in [1.82, 2.24) is 5.32 Å². The number of amides is 1. The topological polar surface area (TPSA) is 66.4 Å². The summed E-state index contributed by atoms with van der Waals surface area (Å²) in [5, 5.41) is 11.9. The maximum Gasteiger partial charge on any atom is 0.303 e. The normalized spacial score (nSPS) is 13.3. The van der Waals surface area contributed by atoms with Gasteiger partial charge in [0, 0.05) is 11.3 Å². The third-order valence-electron chi connectivity index (χ3n) is 3.58. The lowest BCUT2D eigenvalue weighted by molar-refractivity contribution is -0.137. The highest BCUT2D eigenvalue weighted by Crippen LogP contribution is 2.29. The minimum absolute atomic E-state index is 0.0127. The van der Waals surface area contributed by atoms with Crippen LogP contribution in [0.3, 0.4) is 0 Å². The largest absolute Gasteiger partial charge is 0.481 e. The van der Waals surface area contributed by atoms with Crippen LogP contribution in [0.4, 0.5) is 0 Å². The van der Waals surface area contributed by atoms with Crippen molar-refractivity contribution in [1.29, 1.82) is 0 Å². The van der Waals surface area contributed by atoms with Gasteiger partial charge in [-0.25, -0.2) is 0 Å². The molecule has 0 spiro atoms. The fraction of sp³-hybridized carbons (Fsp3) is 0.294. The zero-order valence-electron chi connectivity index (χ0n) is 12.7. The highest BCUT2D eigenvalue weighted by Gasteiger charge is 2.22. The lowest BCUT2D eigenvalue weighted by Crippen LogP contribution is -2.32. The molecule has 0 aliphatic heterocycles. The third kappa shape index (κ3) is 5.18. The molecule has 2 aromatic rings. The quantitative estimate of drug-likeness (QED) is 0.732. The Kier molecular flexibility index (Phi) is 6.36. The van der Waals surface area contributed by atoms with Gasteiger partial charge in [0.2, 0.25) is 5.91 Å². The zero-order chi connectivity index (χ0) is 16.8. The standard InChI is InChI=1S/C17H18BrNO3S/c1-11(14-8-9-15(18)23-14)17(22)19-13(7-10-16(20)21)12-5-3-2-4-6-12/h2-6,8-9,11,13H,7,10H2,1H3,(H,19,22)(H,20,21). The van der Waals surface area contributed by atoms with E-state index in [4.69, 9.17) is 5.11 Å². The first-order chi connectivity index (χ1) is 11.0. The van der Waals surface area contributed by atoms with Crippen LogP contribution in [-0.4, -0.2) is 17.0 Å². The lowest BCUT2D eigenvalue weighted by Gasteiger charge is -2.20. The van der Waals surface area contributed by atoms with Crippen molar-refractivity contribution in [2.45, 2.75) is 31.7 Å². The Morgan fingerprint density at radius 1 is 1.22 bits per heavy atom. The van der Waals surface area contributed by atoms with Gasteiger partial charge in [0.15, 0.2) is 0 Å². The van der Waals surface area contributed by atoms with Gasteiger partial charge in [-0.15, -0.1) is 11.3 Å². The molecular weight excluding hydrogens is 378 g/mol. The van der Waals surface area contributed by atoms with Crippen molar-refractivity contribution in [3.63, 3.8) is 0 Å². The maximum absolute atomic E-state index is 12.5. The molecule has 1 aromatic heterocycles. The zero-order valence-corrected chi connectivity index (χ0v) is 15.1. The molecule has 0 radical (unpaired) electrons. The average Bonchev–Trinajstić information content (AvgIpc) is 2.97. The van der Waals surface area contributed by atoms with Gasteiger partial charge in [-0.2, -0.15) is 0 Å². The summed E-state index contributed by atoms with van der Waals surface area (Å²) in [6, 6.07) is 13.0. The predicted octanol–water partition coefficient (Wildman–Crippen LogP) is 4.34. The molecule has 1 aromatic carbocycles. The number of carbonyl (C=O) groups is 2. The van der Waals surface area contributed by atoms with Crippen LogP contribution in [0.5, 0.6) is 0 Å².